The smallest absolute Gasteiger partial charge is 0.373 e. The van der Waals surface area contributed by atoms with Crippen molar-refractivity contribution < 1.29 is 66.6 Å². The van der Waals surface area contributed by atoms with E-state index in [1.807, 2.05) is 0 Å². The standard InChI is InChI=1S/C25H20F11NO4S/c1-20(39,23(28,29)30)19(38)37-11-10-21(42(40,41)16-6-4-15(26)5-7-16)17-8-3-14(12-13(17)2-9-18(21)37)22(27,24(31,32)33)25(34,35)36/h3-8,12,18,39H,2,9-11H2,1H3/t18-,20?,21-/m0/s1. The van der Waals surface area contributed by atoms with E-state index in [1.165, 1.54) is 0 Å². The number of aryl methyl sites for hydroxylation is 1. The second-order valence-electron chi connectivity index (χ2n) is 10.2. The van der Waals surface area contributed by atoms with Crippen molar-refractivity contribution in [3.63, 3.8) is 0 Å². The number of rotatable bonds is 4. The van der Waals surface area contributed by atoms with E-state index in [9.17, 15) is 66.6 Å². The number of fused-ring (bicyclic) bond motifs is 3. The van der Waals surface area contributed by atoms with E-state index in [-0.39, 0.29) is 19.1 Å². The molecule has 1 heterocycles. The number of halogens is 11. The second-order valence-corrected chi connectivity index (χ2v) is 12.5. The maximum absolute atomic E-state index is 14.8. The largest absolute Gasteiger partial charge is 0.435 e. The first-order valence-electron chi connectivity index (χ1n) is 12.0. The Kier molecular flexibility index (Phi) is 7.25. The van der Waals surface area contributed by atoms with Gasteiger partial charge in [-0.05, 0) is 61.6 Å². The minimum Gasteiger partial charge on any atom is -0.373 e. The number of hydrogen-bond donors (Lipinski definition) is 1. The zero-order valence-electron chi connectivity index (χ0n) is 21.1. The Bertz CT molecular complexity index is 1480. The number of alkyl halides is 10. The average molecular weight is 639 g/mol. The van der Waals surface area contributed by atoms with Gasteiger partial charge in [0.2, 0.25) is 5.60 Å². The van der Waals surface area contributed by atoms with Crippen molar-refractivity contribution in [2.24, 2.45) is 0 Å². The molecule has 1 fully saturated rings. The van der Waals surface area contributed by atoms with Crippen LogP contribution in [0.5, 0.6) is 0 Å². The van der Waals surface area contributed by atoms with Crippen LogP contribution in [-0.2, 0) is 31.5 Å². The zero-order valence-corrected chi connectivity index (χ0v) is 21.9. The van der Waals surface area contributed by atoms with Gasteiger partial charge in [0.05, 0.1) is 10.9 Å². The van der Waals surface area contributed by atoms with Crippen molar-refractivity contribution in [3.8, 4) is 0 Å². The number of likely N-dealkylation sites (tertiary alicyclic amines) is 1. The van der Waals surface area contributed by atoms with Crippen molar-refractivity contribution in [1.82, 2.24) is 4.90 Å². The maximum atomic E-state index is 14.8. The number of amides is 1. The van der Waals surface area contributed by atoms with Gasteiger partial charge in [0, 0.05) is 12.1 Å². The van der Waals surface area contributed by atoms with Gasteiger partial charge >= 0.3 is 24.2 Å². The van der Waals surface area contributed by atoms with Crippen molar-refractivity contribution in [1.29, 1.82) is 0 Å². The van der Waals surface area contributed by atoms with Gasteiger partial charge in [-0.2, -0.15) is 39.5 Å². The third kappa shape index (κ3) is 4.36. The molecule has 17 heteroatoms. The minimum absolute atomic E-state index is 0.0838. The van der Waals surface area contributed by atoms with Gasteiger partial charge in [-0.15, -0.1) is 0 Å². The van der Waals surface area contributed by atoms with Crippen molar-refractivity contribution >= 4 is 15.7 Å². The molecule has 2 aliphatic rings. The SMILES string of the molecule is CC(O)(C(=O)N1CC[C@]2(S(=O)(=O)c3ccc(F)cc3)c3ccc(C(F)(C(F)(F)F)C(F)(F)F)cc3CC[C@H]12)C(F)(F)F. The molecule has 2 aromatic carbocycles. The van der Waals surface area contributed by atoms with Crippen LogP contribution in [0, 0.1) is 5.82 Å². The first-order valence-corrected chi connectivity index (χ1v) is 13.5. The summed E-state index contributed by atoms with van der Waals surface area (Å²) in [5.74, 6) is -2.83. The van der Waals surface area contributed by atoms with Crippen LogP contribution in [0.2, 0.25) is 0 Å². The summed E-state index contributed by atoms with van der Waals surface area (Å²) < 4.78 is 175. The summed E-state index contributed by atoms with van der Waals surface area (Å²) in [4.78, 5) is 12.8. The average Bonchev–Trinajstić information content (AvgIpc) is 3.27. The molecule has 1 aliphatic carbocycles. The van der Waals surface area contributed by atoms with Gasteiger partial charge < -0.3 is 10.0 Å². The lowest BCUT2D eigenvalue weighted by Crippen LogP contribution is -2.60. The fourth-order valence-corrected chi connectivity index (χ4v) is 8.06. The molecule has 1 saturated heterocycles. The summed E-state index contributed by atoms with van der Waals surface area (Å²) in [5.41, 5.74) is -12.7. The van der Waals surface area contributed by atoms with E-state index < -0.39 is 110 Å². The molecule has 2 aromatic rings. The first-order chi connectivity index (χ1) is 18.9. The van der Waals surface area contributed by atoms with Gasteiger partial charge in [0.15, 0.2) is 9.84 Å². The fraction of sp³-hybridized carbons (Fsp3) is 0.480. The molecule has 0 spiro atoms. The highest BCUT2D eigenvalue weighted by atomic mass is 32.2. The molecule has 0 bridgehead atoms. The second kappa shape index (κ2) is 9.53. The summed E-state index contributed by atoms with van der Waals surface area (Å²) in [6, 6.07) is 2.12. The first kappa shape index (κ1) is 32.0. The summed E-state index contributed by atoms with van der Waals surface area (Å²) in [6.45, 7) is -0.586. The summed E-state index contributed by atoms with van der Waals surface area (Å²) in [5, 5.41) is 10.0. The number of aliphatic hydroxyl groups is 1. The van der Waals surface area contributed by atoms with Crippen LogP contribution in [0.3, 0.4) is 0 Å². The van der Waals surface area contributed by atoms with Gasteiger partial charge in [-0.1, -0.05) is 18.2 Å². The molecule has 1 amide bonds. The van der Waals surface area contributed by atoms with Gasteiger partial charge in [-0.25, -0.2) is 17.2 Å². The quantitative estimate of drug-likeness (QED) is 0.347. The Hall–Kier alpha value is -2.95. The molecule has 42 heavy (non-hydrogen) atoms. The number of carbonyl (C=O) groups excluding carboxylic acids is 1. The highest BCUT2D eigenvalue weighted by Gasteiger charge is 2.74. The van der Waals surface area contributed by atoms with E-state index in [0.29, 0.717) is 11.0 Å². The van der Waals surface area contributed by atoms with Crippen LogP contribution < -0.4 is 0 Å². The molecular weight excluding hydrogens is 619 g/mol. The molecule has 0 aromatic heterocycles. The summed E-state index contributed by atoms with van der Waals surface area (Å²) in [6.07, 6.45) is -20.3. The van der Waals surface area contributed by atoms with Crippen LogP contribution in [-0.4, -0.2) is 61.0 Å². The number of sulfone groups is 1. The molecule has 0 saturated carbocycles. The number of benzene rings is 2. The Morgan fingerprint density at radius 3 is 1.95 bits per heavy atom. The summed E-state index contributed by atoms with van der Waals surface area (Å²) in [7, 11) is -4.90. The molecule has 1 aliphatic heterocycles. The van der Waals surface area contributed by atoms with Crippen LogP contribution in [0.15, 0.2) is 47.4 Å². The Balaban J connectivity index is 1.97. The van der Waals surface area contributed by atoms with E-state index in [0.717, 1.165) is 24.3 Å². The van der Waals surface area contributed by atoms with Crippen molar-refractivity contribution in [2.45, 2.75) is 71.7 Å². The molecular formula is C25H20F11NO4S. The minimum atomic E-state index is -6.48. The van der Waals surface area contributed by atoms with Gasteiger partial charge in [-0.3, -0.25) is 4.79 Å². The van der Waals surface area contributed by atoms with Gasteiger partial charge in [0.25, 0.3) is 5.91 Å². The predicted molar refractivity (Wildman–Crippen MR) is 122 cm³/mol. The molecule has 1 N–H and O–H groups in total. The monoisotopic (exact) mass is 639 g/mol. The highest BCUT2D eigenvalue weighted by molar-refractivity contribution is 7.92. The third-order valence-electron chi connectivity index (χ3n) is 7.90. The van der Waals surface area contributed by atoms with Crippen LogP contribution in [0.4, 0.5) is 48.3 Å². The Labute approximate surface area is 230 Å². The topological polar surface area (TPSA) is 74.7 Å². The van der Waals surface area contributed by atoms with Crippen LogP contribution in [0.1, 0.15) is 36.5 Å². The molecule has 5 nitrogen and oxygen atoms in total. The Morgan fingerprint density at radius 1 is 0.905 bits per heavy atom. The Morgan fingerprint density at radius 2 is 1.45 bits per heavy atom. The van der Waals surface area contributed by atoms with Gasteiger partial charge in [0.1, 0.15) is 10.6 Å². The maximum Gasteiger partial charge on any atom is 0.435 e. The fourth-order valence-electron chi connectivity index (χ4n) is 5.70. The third-order valence-corrected chi connectivity index (χ3v) is 10.4. The lowest BCUT2D eigenvalue weighted by molar-refractivity contribution is -0.348. The highest BCUT2D eigenvalue weighted by Crippen LogP contribution is 2.57. The van der Waals surface area contributed by atoms with Crippen molar-refractivity contribution in [3.05, 3.63) is 65.0 Å². The lowest BCUT2D eigenvalue weighted by atomic mass is 9.76. The molecule has 4 rings (SSSR count). The predicted octanol–water partition coefficient (Wildman–Crippen LogP) is 5.64. The number of nitrogens with zero attached hydrogens (tertiary/aromatic N) is 1. The van der Waals surface area contributed by atoms with Crippen molar-refractivity contribution in [2.75, 3.05) is 6.54 Å². The summed E-state index contributed by atoms with van der Waals surface area (Å²) >= 11 is 0. The lowest BCUT2D eigenvalue weighted by Gasteiger charge is -2.44. The van der Waals surface area contributed by atoms with E-state index in [4.69, 9.17) is 0 Å². The number of carbonyl (C=O) groups is 1. The van der Waals surface area contributed by atoms with Crippen LogP contribution >= 0.6 is 0 Å². The van der Waals surface area contributed by atoms with Crippen LogP contribution in [0.25, 0.3) is 0 Å². The van der Waals surface area contributed by atoms with E-state index >= 15 is 0 Å². The normalized spacial score (nSPS) is 23.3. The number of hydrogen-bond acceptors (Lipinski definition) is 4. The van der Waals surface area contributed by atoms with E-state index in [1.54, 1.807) is 0 Å². The zero-order chi connectivity index (χ0) is 31.9. The molecule has 3 atom stereocenters. The molecule has 0 radical (unpaired) electrons. The molecule has 232 valence electrons. The molecule has 1 unspecified atom stereocenters. The van der Waals surface area contributed by atoms with E-state index in [2.05, 4.69) is 0 Å².